The minimum Gasteiger partial charge on any atom is -0.456 e. The van der Waals surface area contributed by atoms with E-state index in [1.807, 2.05) is 60.7 Å². The van der Waals surface area contributed by atoms with Gasteiger partial charge in [0.05, 0.1) is 0 Å². The zero-order valence-corrected chi connectivity index (χ0v) is 23.0. The van der Waals surface area contributed by atoms with Crippen LogP contribution >= 0.6 is 0 Å². The van der Waals surface area contributed by atoms with E-state index in [9.17, 15) is 0 Å². The van der Waals surface area contributed by atoms with Crippen LogP contribution in [0.15, 0.2) is 144 Å². The van der Waals surface area contributed by atoms with E-state index in [2.05, 4.69) is 78.9 Å². The molecule has 0 radical (unpaired) electrons. The monoisotopic (exact) mass is 549 g/mol. The van der Waals surface area contributed by atoms with E-state index in [-0.39, 0.29) is 0 Å². The lowest BCUT2D eigenvalue weighted by molar-refractivity contribution is 0.669. The minimum atomic E-state index is 0.623. The second-order valence-corrected chi connectivity index (χ2v) is 10.8. The van der Waals surface area contributed by atoms with Crippen LogP contribution in [0, 0.1) is 0 Å². The van der Waals surface area contributed by atoms with E-state index in [4.69, 9.17) is 19.4 Å². The van der Waals surface area contributed by atoms with Gasteiger partial charge in [-0.2, -0.15) is 0 Å². The van der Waals surface area contributed by atoms with Gasteiger partial charge in [0, 0.05) is 27.5 Å². The molecule has 4 heteroatoms. The van der Waals surface area contributed by atoms with Crippen molar-refractivity contribution in [1.82, 2.24) is 15.0 Å². The third kappa shape index (κ3) is 3.81. The molecule has 0 aliphatic rings. The van der Waals surface area contributed by atoms with Gasteiger partial charge in [-0.05, 0) is 62.6 Å². The van der Waals surface area contributed by atoms with Gasteiger partial charge in [-0.1, -0.05) is 109 Å². The van der Waals surface area contributed by atoms with Gasteiger partial charge in [-0.25, -0.2) is 15.0 Å². The Hall–Kier alpha value is -5.87. The molecule has 0 unspecified atom stereocenters. The highest BCUT2D eigenvalue weighted by atomic mass is 16.3. The summed E-state index contributed by atoms with van der Waals surface area (Å²) in [6, 6.07) is 48.1. The average molecular weight is 550 g/mol. The zero-order valence-electron chi connectivity index (χ0n) is 23.0. The molecule has 0 aliphatic carbocycles. The van der Waals surface area contributed by atoms with E-state index >= 15 is 0 Å². The highest BCUT2D eigenvalue weighted by Gasteiger charge is 2.19. The summed E-state index contributed by atoms with van der Waals surface area (Å²) in [5.41, 5.74) is 4.57. The Bertz CT molecular complexity index is 2510. The molecule has 0 aliphatic heterocycles. The van der Waals surface area contributed by atoms with Crippen molar-refractivity contribution in [3.63, 3.8) is 0 Å². The molecule has 9 rings (SSSR count). The van der Waals surface area contributed by atoms with E-state index in [0.717, 1.165) is 54.8 Å². The van der Waals surface area contributed by atoms with E-state index in [0.29, 0.717) is 17.5 Å². The summed E-state index contributed by atoms with van der Waals surface area (Å²) in [4.78, 5) is 15.4. The molecule has 0 spiro atoms. The first-order valence-electron chi connectivity index (χ1n) is 14.4. The fraction of sp³-hybridized carbons (Fsp3) is 0. The Labute approximate surface area is 246 Å². The predicted molar refractivity (Wildman–Crippen MR) is 176 cm³/mol. The summed E-state index contributed by atoms with van der Waals surface area (Å²) in [6.45, 7) is 0. The van der Waals surface area contributed by atoms with Crippen LogP contribution in [0.4, 0.5) is 0 Å². The van der Waals surface area contributed by atoms with Gasteiger partial charge in [0.15, 0.2) is 17.5 Å². The molecule has 0 atom stereocenters. The third-order valence-electron chi connectivity index (χ3n) is 8.30. The first kappa shape index (κ1) is 23.8. The number of benzene rings is 7. The summed E-state index contributed by atoms with van der Waals surface area (Å²) in [6.07, 6.45) is 0. The maximum Gasteiger partial charge on any atom is 0.165 e. The van der Waals surface area contributed by atoms with Crippen LogP contribution in [0.25, 0.3) is 88.4 Å². The molecule has 43 heavy (non-hydrogen) atoms. The van der Waals surface area contributed by atoms with Gasteiger partial charge in [-0.3, -0.25) is 0 Å². The van der Waals surface area contributed by atoms with Crippen molar-refractivity contribution >= 4 is 54.3 Å². The van der Waals surface area contributed by atoms with Gasteiger partial charge >= 0.3 is 0 Å². The zero-order chi connectivity index (χ0) is 28.3. The molecule has 2 aromatic heterocycles. The Kier molecular flexibility index (Phi) is 5.16. The van der Waals surface area contributed by atoms with Crippen molar-refractivity contribution in [1.29, 1.82) is 0 Å². The summed E-state index contributed by atoms with van der Waals surface area (Å²) in [5.74, 6) is 1.91. The lowest BCUT2D eigenvalue weighted by atomic mass is 9.93. The number of para-hydroxylation sites is 1. The number of furan rings is 1. The van der Waals surface area contributed by atoms with Crippen molar-refractivity contribution in [3.05, 3.63) is 140 Å². The van der Waals surface area contributed by atoms with Crippen molar-refractivity contribution in [2.45, 2.75) is 0 Å². The number of aromatic nitrogens is 3. The van der Waals surface area contributed by atoms with Crippen LogP contribution in [0.5, 0.6) is 0 Å². The SMILES string of the molecule is c1ccc(-c2nc(-c3ccc4oc5ccccc5c4c3)nc(-c3c4ccccc4cc4c3ccc3ccccc34)n2)cc1. The Morgan fingerprint density at radius 3 is 1.86 bits per heavy atom. The molecule has 0 bridgehead atoms. The topological polar surface area (TPSA) is 51.8 Å². The second-order valence-electron chi connectivity index (χ2n) is 10.8. The summed E-state index contributed by atoms with van der Waals surface area (Å²) in [7, 11) is 0. The predicted octanol–water partition coefficient (Wildman–Crippen LogP) is 10.2. The molecule has 4 nitrogen and oxygen atoms in total. The smallest absolute Gasteiger partial charge is 0.165 e. The lowest BCUT2D eigenvalue weighted by Gasteiger charge is -2.14. The molecule has 0 saturated heterocycles. The fourth-order valence-corrected chi connectivity index (χ4v) is 6.26. The first-order valence-corrected chi connectivity index (χ1v) is 14.4. The van der Waals surface area contributed by atoms with Crippen LogP contribution in [-0.4, -0.2) is 15.0 Å². The standard InChI is InChI=1S/C39H23N3O/c1-2-11-25(12-3-1)37-40-38(27-19-21-35-33(23-27)30-16-8-9-17-34(30)43-35)42-39(41-37)36-29-15-7-5-13-26(29)22-32-28-14-6-4-10-24(28)18-20-31(32)36/h1-23H. The lowest BCUT2D eigenvalue weighted by Crippen LogP contribution is -2.01. The summed E-state index contributed by atoms with van der Waals surface area (Å²) < 4.78 is 6.11. The highest BCUT2D eigenvalue weighted by molar-refractivity contribution is 6.19. The first-order chi connectivity index (χ1) is 21.3. The van der Waals surface area contributed by atoms with Crippen LogP contribution in [0.3, 0.4) is 0 Å². The molecule has 7 aromatic carbocycles. The number of hydrogen-bond acceptors (Lipinski definition) is 4. The van der Waals surface area contributed by atoms with Gasteiger partial charge < -0.3 is 4.42 Å². The van der Waals surface area contributed by atoms with Crippen LogP contribution in [0.1, 0.15) is 0 Å². The Balaban J connectivity index is 1.37. The van der Waals surface area contributed by atoms with Gasteiger partial charge in [0.1, 0.15) is 11.2 Å². The number of hydrogen-bond donors (Lipinski definition) is 0. The molecule has 9 aromatic rings. The van der Waals surface area contributed by atoms with Crippen molar-refractivity contribution in [2.24, 2.45) is 0 Å². The summed E-state index contributed by atoms with van der Waals surface area (Å²) in [5, 5.41) is 9.09. The largest absolute Gasteiger partial charge is 0.456 e. The quantitative estimate of drug-likeness (QED) is 0.162. The molecule has 200 valence electrons. The number of fused-ring (bicyclic) bond motifs is 7. The van der Waals surface area contributed by atoms with Crippen LogP contribution in [0.2, 0.25) is 0 Å². The third-order valence-corrected chi connectivity index (χ3v) is 8.30. The maximum atomic E-state index is 6.11. The molecule has 0 saturated carbocycles. The normalized spacial score (nSPS) is 11.7. The van der Waals surface area contributed by atoms with Crippen molar-refractivity contribution in [3.8, 4) is 34.2 Å². The Morgan fingerprint density at radius 1 is 0.349 bits per heavy atom. The maximum absolute atomic E-state index is 6.11. The average Bonchev–Trinajstić information content (AvgIpc) is 3.45. The van der Waals surface area contributed by atoms with Crippen molar-refractivity contribution < 1.29 is 4.42 Å². The van der Waals surface area contributed by atoms with E-state index < -0.39 is 0 Å². The Morgan fingerprint density at radius 2 is 1.00 bits per heavy atom. The fourth-order valence-electron chi connectivity index (χ4n) is 6.26. The van der Waals surface area contributed by atoms with Gasteiger partial charge in [-0.15, -0.1) is 0 Å². The molecular formula is C39H23N3O. The highest BCUT2D eigenvalue weighted by Crippen LogP contribution is 2.39. The van der Waals surface area contributed by atoms with Crippen LogP contribution in [-0.2, 0) is 0 Å². The molecule has 0 amide bonds. The van der Waals surface area contributed by atoms with E-state index in [1.54, 1.807) is 0 Å². The van der Waals surface area contributed by atoms with Gasteiger partial charge in [0.2, 0.25) is 0 Å². The molecular weight excluding hydrogens is 526 g/mol. The van der Waals surface area contributed by atoms with Crippen LogP contribution < -0.4 is 0 Å². The van der Waals surface area contributed by atoms with Gasteiger partial charge in [0.25, 0.3) is 0 Å². The molecule has 2 heterocycles. The second kappa shape index (κ2) is 9.33. The summed E-state index contributed by atoms with van der Waals surface area (Å²) >= 11 is 0. The molecule has 0 fully saturated rings. The molecule has 0 N–H and O–H groups in total. The van der Waals surface area contributed by atoms with Crippen molar-refractivity contribution in [2.75, 3.05) is 0 Å². The minimum absolute atomic E-state index is 0.623. The van der Waals surface area contributed by atoms with E-state index in [1.165, 1.54) is 16.2 Å². The number of nitrogens with zero attached hydrogens (tertiary/aromatic N) is 3. The number of rotatable bonds is 3.